The summed E-state index contributed by atoms with van der Waals surface area (Å²) in [7, 11) is 0. The van der Waals surface area contributed by atoms with Gasteiger partial charge in [0.1, 0.15) is 12.7 Å². The number of esters is 3. The number of nitrogens with one attached hydrogen (secondary N) is 1. The summed E-state index contributed by atoms with van der Waals surface area (Å²) in [5.74, 6) is -2.09. The summed E-state index contributed by atoms with van der Waals surface area (Å²) in [6.45, 7) is 1.64. The van der Waals surface area contributed by atoms with Crippen molar-refractivity contribution in [2.45, 2.75) is 50.7 Å². The van der Waals surface area contributed by atoms with E-state index < -0.39 is 47.6 Å². The molecule has 1 saturated heterocycles. The molecule has 4 atom stereocenters. The van der Waals surface area contributed by atoms with Gasteiger partial charge in [-0.1, -0.05) is 6.92 Å². The van der Waals surface area contributed by atoms with Crippen molar-refractivity contribution in [3.63, 3.8) is 0 Å². The molecule has 1 aromatic heterocycles. The van der Waals surface area contributed by atoms with Crippen LogP contribution in [0.15, 0.2) is 29.2 Å². The fraction of sp³-hybridized carbons (Fsp3) is 0.526. The van der Waals surface area contributed by atoms with Crippen molar-refractivity contribution in [2.24, 2.45) is 5.41 Å². The highest BCUT2D eigenvalue weighted by atomic mass is 16.7. The molecular formula is C19H21N3O9. The monoisotopic (exact) mass is 435 g/mol. The molecule has 0 aromatic carbocycles. The first-order valence-corrected chi connectivity index (χ1v) is 9.78. The van der Waals surface area contributed by atoms with E-state index in [9.17, 15) is 19.2 Å². The van der Waals surface area contributed by atoms with Crippen molar-refractivity contribution in [1.29, 1.82) is 0 Å². The Morgan fingerprint density at radius 1 is 1.26 bits per heavy atom. The van der Waals surface area contributed by atoms with Crippen molar-refractivity contribution in [1.82, 2.24) is 9.55 Å². The molecule has 1 aliphatic carbocycles. The summed E-state index contributed by atoms with van der Waals surface area (Å²) >= 11 is 0. The molecule has 3 heterocycles. The van der Waals surface area contributed by atoms with E-state index in [0.717, 1.165) is 29.6 Å². The highest BCUT2D eigenvalue weighted by Crippen LogP contribution is 2.49. The van der Waals surface area contributed by atoms with Gasteiger partial charge in [0, 0.05) is 18.3 Å². The molecule has 31 heavy (non-hydrogen) atoms. The zero-order valence-corrected chi connectivity index (χ0v) is 16.6. The lowest BCUT2D eigenvalue weighted by Crippen LogP contribution is -2.43. The topological polar surface area (TPSA) is 155 Å². The summed E-state index contributed by atoms with van der Waals surface area (Å²) in [5, 5.41) is 8.92. The molecule has 1 unspecified atom stereocenters. The van der Waals surface area contributed by atoms with Gasteiger partial charge in [0.2, 0.25) is 0 Å². The van der Waals surface area contributed by atoms with Crippen LogP contribution in [0.1, 0.15) is 32.4 Å². The second-order valence-corrected chi connectivity index (χ2v) is 7.55. The third-order valence-electron chi connectivity index (χ3n) is 5.71. The van der Waals surface area contributed by atoms with Crippen LogP contribution in [-0.4, -0.2) is 57.6 Å². The van der Waals surface area contributed by atoms with Gasteiger partial charge in [-0.05, 0) is 25.3 Å². The number of rotatable bonds is 6. The van der Waals surface area contributed by atoms with E-state index in [1.54, 1.807) is 5.48 Å². The van der Waals surface area contributed by atoms with Crippen molar-refractivity contribution in [3.05, 3.63) is 34.9 Å². The molecule has 0 amide bonds. The van der Waals surface area contributed by atoms with Crippen molar-refractivity contribution >= 4 is 23.7 Å². The maximum Gasteiger partial charge on any atom is 0.351 e. The number of anilines is 1. The number of fused-ring (bicyclic) bond motifs is 1. The molecule has 166 valence electrons. The van der Waals surface area contributed by atoms with Crippen LogP contribution in [0.5, 0.6) is 0 Å². The summed E-state index contributed by atoms with van der Waals surface area (Å²) in [6, 6.07) is 1.29. The third kappa shape index (κ3) is 4.03. The summed E-state index contributed by atoms with van der Waals surface area (Å²) in [4.78, 5) is 52.5. The van der Waals surface area contributed by atoms with Crippen LogP contribution in [0.2, 0.25) is 0 Å². The minimum Gasteiger partial charge on any atom is -0.462 e. The van der Waals surface area contributed by atoms with Crippen LogP contribution >= 0.6 is 0 Å². The summed E-state index contributed by atoms with van der Waals surface area (Å²) in [6.07, 6.45) is 0.709. The summed E-state index contributed by atoms with van der Waals surface area (Å²) < 4.78 is 23.0. The molecule has 0 radical (unpaired) electrons. The van der Waals surface area contributed by atoms with Gasteiger partial charge in [-0.15, -0.1) is 0 Å². The van der Waals surface area contributed by atoms with Crippen molar-refractivity contribution in [3.8, 4) is 0 Å². The normalized spacial score (nSPS) is 29.6. The molecule has 0 spiro atoms. The molecular weight excluding hydrogens is 414 g/mol. The molecule has 2 N–H and O–H groups in total. The molecule has 4 rings (SSSR count). The molecule has 12 nitrogen and oxygen atoms in total. The van der Waals surface area contributed by atoms with E-state index in [0.29, 0.717) is 6.42 Å². The number of hydrogen-bond acceptors (Lipinski definition) is 11. The van der Waals surface area contributed by atoms with Crippen molar-refractivity contribution in [2.75, 3.05) is 12.1 Å². The van der Waals surface area contributed by atoms with Crippen LogP contribution in [-0.2, 0) is 33.3 Å². The van der Waals surface area contributed by atoms with E-state index in [-0.39, 0.29) is 18.4 Å². The Morgan fingerprint density at radius 3 is 2.52 bits per heavy atom. The number of aromatic nitrogens is 2. The van der Waals surface area contributed by atoms with E-state index in [4.69, 9.17) is 24.2 Å². The standard InChI is InChI=1S/C19H21N3O9/c1-2-19(6-7-19)17(25)28-9-10-14-15(31-13(24)4-3-12(23)30-14)16(29-10)22-8-5-11(21-27)20-18(22)26/h3-5,8,10,14-16,27H,2,6-7,9H2,1H3,(H,20,21,26)/b4-3-/t10-,14?,15-,16-/m1/s1. The van der Waals surface area contributed by atoms with E-state index >= 15 is 0 Å². The predicted octanol–water partition coefficient (Wildman–Crippen LogP) is 0.0686. The number of carbonyl (C=O) groups is 3. The Bertz CT molecular complexity index is 984. The average molecular weight is 435 g/mol. The van der Waals surface area contributed by atoms with Gasteiger partial charge in [0.25, 0.3) is 0 Å². The number of carbonyl (C=O) groups excluding carboxylic acids is 3. The van der Waals surface area contributed by atoms with Crippen LogP contribution in [0.25, 0.3) is 0 Å². The molecule has 12 heteroatoms. The quantitative estimate of drug-likeness (QED) is 0.354. The smallest absolute Gasteiger partial charge is 0.351 e. The van der Waals surface area contributed by atoms with Gasteiger partial charge in [-0.3, -0.25) is 20.0 Å². The van der Waals surface area contributed by atoms with Gasteiger partial charge in [-0.2, -0.15) is 4.98 Å². The SMILES string of the molecule is CCC1(C(=O)OC[C@H]2O[C@@H](n3ccc(NO)nc3=O)[C@@H]3OC(=O)/C=C\C(=O)OC32)CC1. The fourth-order valence-corrected chi connectivity index (χ4v) is 3.65. The van der Waals surface area contributed by atoms with Crippen LogP contribution in [0.3, 0.4) is 0 Å². The second-order valence-electron chi connectivity index (χ2n) is 7.55. The number of nitrogens with zero attached hydrogens (tertiary/aromatic N) is 2. The first-order chi connectivity index (χ1) is 14.9. The first kappa shape index (κ1) is 21.0. The van der Waals surface area contributed by atoms with E-state index in [1.807, 2.05) is 6.92 Å². The van der Waals surface area contributed by atoms with Gasteiger partial charge in [0.15, 0.2) is 24.3 Å². The Labute approximate surface area is 175 Å². The lowest BCUT2D eigenvalue weighted by molar-refractivity contribution is -0.166. The minimum atomic E-state index is -1.20. The maximum absolute atomic E-state index is 12.4. The maximum atomic E-state index is 12.4. The largest absolute Gasteiger partial charge is 0.462 e. The Kier molecular flexibility index (Phi) is 5.50. The van der Waals surface area contributed by atoms with Crippen molar-refractivity contribution < 1.29 is 38.5 Å². The zero-order chi connectivity index (χ0) is 22.2. The Morgan fingerprint density at radius 2 is 1.94 bits per heavy atom. The predicted molar refractivity (Wildman–Crippen MR) is 99.6 cm³/mol. The third-order valence-corrected chi connectivity index (χ3v) is 5.71. The Hall–Kier alpha value is -3.25. The second kappa shape index (κ2) is 8.12. The molecule has 3 aliphatic rings. The number of ether oxygens (including phenoxy) is 4. The van der Waals surface area contributed by atoms with E-state index in [1.165, 1.54) is 12.3 Å². The van der Waals surface area contributed by atoms with Crippen LogP contribution < -0.4 is 11.2 Å². The number of hydrogen-bond donors (Lipinski definition) is 2. The molecule has 2 fully saturated rings. The highest BCUT2D eigenvalue weighted by Gasteiger charge is 2.53. The average Bonchev–Trinajstić information content (AvgIpc) is 3.50. The van der Waals surface area contributed by atoms with Gasteiger partial charge in [0.05, 0.1) is 5.41 Å². The molecule has 1 aromatic rings. The van der Waals surface area contributed by atoms with Crippen LogP contribution in [0, 0.1) is 5.41 Å². The highest BCUT2D eigenvalue weighted by molar-refractivity contribution is 5.92. The zero-order valence-electron chi connectivity index (χ0n) is 16.6. The van der Waals surface area contributed by atoms with E-state index in [2.05, 4.69) is 4.98 Å². The molecule has 1 saturated carbocycles. The minimum absolute atomic E-state index is 0.0976. The molecule has 0 bridgehead atoms. The first-order valence-electron chi connectivity index (χ1n) is 9.78. The van der Waals surface area contributed by atoms with Crippen LogP contribution in [0.4, 0.5) is 5.82 Å². The van der Waals surface area contributed by atoms with Gasteiger partial charge >= 0.3 is 23.6 Å². The fourth-order valence-electron chi connectivity index (χ4n) is 3.65. The Balaban J connectivity index is 1.61. The van der Waals surface area contributed by atoms with Gasteiger partial charge < -0.3 is 18.9 Å². The lowest BCUT2D eigenvalue weighted by Gasteiger charge is -2.25. The lowest BCUT2D eigenvalue weighted by atomic mass is 10.0. The van der Waals surface area contributed by atoms with Gasteiger partial charge in [-0.25, -0.2) is 14.4 Å². The molecule has 2 aliphatic heterocycles. The summed E-state index contributed by atoms with van der Waals surface area (Å²) in [5.41, 5.74) is 0.449.